The molecule has 0 spiro atoms. The summed E-state index contributed by atoms with van der Waals surface area (Å²) in [7, 11) is -4.10. The van der Waals surface area contributed by atoms with Gasteiger partial charge in [0, 0.05) is 37.6 Å². The first-order valence-corrected chi connectivity index (χ1v) is 12.3. The maximum absolute atomic E-state index is 13.9. The number of hydrogen-bond acceptors (Lipinski definition) is 6. The van der Waals surface area contributed by atoms with Crippen molar-refractivity contribution in [1.29, 1.82) is 0 Å². The van der Waals surface area contributed by atoms with Gasteiger partial charge in [-0.05, 0) is 23.6 Å². The van der Waals surface area contributed by atoms with Crippen LogP contribution in [0.15, 0.2) is 46.0 Å². The van der Waals surface area contributed by atoms with Crippen LogP contribution in [0.25, 0.3) is 9.88 Å². The number of thiazole rings is 1. The van der Waals surface area contributed by atoms with Crippen molar-refractivity contribution < 1.29 is 22.0 Å². The van der Waals surface area contributed by atoms with Crippen LogP contribution in [0, 0.1) is 11.6 Å². The molecule has 0 atom stereocenters. The number of hydrogen-bond donors (Lipinski definition) is 0. The highest BCUT2D eigenvalue weighted by molar-refractivity contribution is 7.89. The first-order chi connectivity index (χ1) is 14.3. The lowest BCUT2D eigenvalue weighted by Gasteiger charge is -2.34. The van der Waals surface area contributed by atoms with Gasteiger partial charge in [-0.25, -0.2) is 22.2 Å². The molecule has 1 aliphatic rings. The average molecular weight is 470 g/mol. The van der Waals surface area contributed by atoms with Gasteiger partial charge in [0.15, 0.2) is 0 Å². The molecule has 30 heavy (non-hydrogen) atoms. The van der Waals surface area contributed by atoms with Crippen molar-refractivity contribution in [1.82, 2.24) is 14.2 Å². The Morgan fingerprint density at radius 2 is 1.87 bits per heavy atom. The number of piperazine rings is 1. The molecule has 0 N–H and O–H groups in total. The maximum Gasteiger partial charge on any atom is 0.246 e. The van der Waals surface area contributed by atoms with Gasteiger partial charge < -0.3 is 4.90 Å². The minimum absolute atomic E-state index is 0.0440. The molecule has 3 heterocycles. The van der Waals surface area contributed by atoms with Crippen LogP contribution in [0.4, 0.5) is 8.78 Å². The minimum atomic E-state index is -4.10. The Bertz CT molecular complexity index is 1150. The zero-order valence-corrected chi connectivity index (χ0v) is 18.1. The summed E-state index contributed by atoms with van der Waals surface area (Å²) in [5.41, 5.74) is 0.678. The summed E-state index contributed by atoms with van der Waals surface area (Å²) in [6, 6.07) is 6.29. The van der Waals surface area contributed by atoms with Crippen molar-refractivity contribution in [2.24, 2.45) is 0 Å². The Kier molecular flexibility index (Phi) is 5.96. The molecule has 6 nitrogen and oxygen atoms in total. The molecule has 0 aliphatic carbocycles. The third-order valence-electron chi connectivity index (χ3n) is 4.72. The number of carbonyl (C=O) groups excluding carboxylic acids is 1. The number of benzene rings is 1. The second kappa shape index (κ2) is 8.50. The molecule has 1 fully saturated rings. The number of halogens is 2. The average Bonchev–Trinajstić information content (AvgIpc) is 3.39. The third-order valence-corrected chi connectivity index (χ3v) is 8.58. The van der Waals surface area contributed by atoms with Crippen molar-refractivity contribution in [3.63, 3.8) is 0 Å². The van der Waals surface area contributed by atoms with E-state index >= 15 is 0 Å². The highest BCUT2D eigenvalue weighted by Crippen LogP contribution is 2.28. The van der Waals surface area contributed by atoms with E-state index in [1.54, 1.807) is 16.2 Å². The molecule has 0 radical (unpaired) electrons. The highest BCUT2D eigenvalue weighted by Gasteiger charge is 2.32. The lowest BCUT2D eigenvalue weighted by Crippen LogP contribution is -2.51. The molecular weight excluding hydrogens is 452 g/mol. The fraction of sp³-hybridized carbons (Fsp3) is 0.263. The summed E-state index contributed by atoms with van der Waals surface area (Å²) in [5.74, 6) is -2.10. The van der Waals surface area contributed by atoms with Gasteiger partial charge in [-0.15, -0.1) is 22.7 Å². The van der Waals surface area contributed by atoms with Gasteiger partial charge >= 0.3 is 0 Å². The van der Waals surface area contributed by atoms with E-state index in [-0.39, 0.29) is 38.5 Å². The third kappa shape index (κ3) is 4.29. The van der Waals surface area contributed by atoms with Gasteiger partial charge in [0.05, 0.1) is 17.0 Å². The predicted molar refractivity (Wildman–Crippen MR) is 111 cm³/mol. The Hall–Kier alpha value is -2.21. The van der Waals surface area contributed by atoms with Crippen molar-refractivity contribution in [2.75, 3.05) is 26.2 Å². The second-order valence-electron chi connectivity index (χ2n) is 6.66. The number of thiophene rings is 1. The molecule has 1 aromatic carbocycles. The number of aromatic nitrogens is 1. The van der Waals surface area contributed by atoms with Crippen LogP contribution in [0.3, 0.4) is 0 Å². The molecule has 0 saturated carbocycles. The molecule has 4 rings (SSSR count). The van der Waals surface area contributed by atoms with Crippen molar-refractivity contribution >= 4 is 38.6 Å². The summed E-state index contributed by atoms with van der Waals surface area (Å²) in [6.45, 7) is 0.483. The first kappa shape index (κ1) is 21.0. The SMILES string of the molecule is O=C(Cc1csc(-c2cccs2)n1)N1CCN(S(=O)(=O)c2ccc(F)cc2F)CC1. The summed E-state index contributed by atoms with van der Waals surface area (Å²) in [6.07, 6.45) is 0.140. The summed E-state index contributed by atoms with van der Waals surface area (Å²) >= 11 is 3.06. The van der Waals surface area contributed by atoms with E-state index in [0.717, 1.165) is 26.3 Å². The lowest BCUT2D eigenvalue weighted by molar-refractivity contribution is -0.131. The smallest absolute Gasteiger partial charge is 0.246 e. The molecule has 3 aromatic rings. The second-order valence-corrected chi connectivity index (χ2v) is 10.4. The fourth-order valence-corrected chi connectivity index (χ4v) is 6.27. The topological polar surface area (TPSA) is 70.6 Å². The molecule has 0 bridgehead atoms. The van der Waals surface area contributed by atoms with Crippen LogP contribution in [-0.2, 0) is 21.2 Å². The number of amides is 1. The van der Waals surface area contributed by atoms with Crippen LogP contribution in [0.5, 0.6) is 0 Å². The maximum atomic E-state index is 13.9. The lowest BCUT2D eigenvalue weighted by atomic mass is 10.2. The van der Waals surface area contributed by atoms with E-state index in [1.165, 1.54) is 11.3 Å². The zero-order valence-electron chi connectivity index (χ0n) is 15.6. The Morgan fingerprint density at radius 3 is 2.53 bits per heavy atom. The van der Waals surface area contributed by atoms with Gasteiger partial charge in [0.25, 0.3) is 0 Å². The molecule has 158 valence electrons. The predicted octanol–water partition coefficient (Wildman–Crippen LogP) is 3.23. The molecular formula is C19H17F2N3O3S3. The highest BCUT2D eigenvalue weighted by atomic mass is 32.2. The molecule has 0 unspecified atom stereocenters. The Balaban J connectivity index is 1.37. The van der Waals surface area contributed by atoms with E-state index in [9.17, 15) is 22.0 Å². The zero-order chi connectivity index (χ0) is 21.3. The van der Waals surface area contributed by atoms with E-state index in [4.69, 9.17) is 0 Å². The van der Waals surface area contributed by atoms with Crippen LogP contribution >= 0.6 is 22.7 Å². The van der Waals surface area contributed by atoms with Gasteiger partial charge in [-0.3, -0.25) is 4.79 Å². The fourth-order valence-electron chi connectivity index (χ4n) is 3.17. The quantitative estimate of drug-likeness (QED) is 0.575. The van der Waals surface area contributed by atoms with Crippen LogP contribution < -0.4 is 0 Å². The Morgan fingerprint density at radius 1 is 1.10 bits per heavy atom. The van der Waals surface area contributed by atoms with Gasteiger partial charge in [0.1, 0.15) is 21.5 Å². The molecule has 1 aliphatic heterocycles. The number of carbonyl (C=O) groups is 1. The van der Waals surface area contributed by atoms with Crippen molar-refractivity contribution in [3.8, 4) is 9.88 Å². The van der Waals surface area contributed by atoms with Crippen molar-refractivity contribution in [3.05, 3.63) is 58.4 Å². The first-order valence-electron chi connectivity index (χ1n) is 9.06. The summed E-state index contributed by atoms with van der Waals surface area (Å²) in [4.78, 5) is 19.2. The van der Waals surface area contributed by atoms with E-state index in [2.05, 4.69) is 4.98 Å². The van der Waals surface area contributed by atoms with E-state index in [0.29, 0.717) is 11.8 Å². The summed E-state index contributed by atoms with van der Waals surface area (Å²) in [5, 5.41) is 4.68. The minimum Gasteiger partial charge on any atom is -0.340 e. The molecule has 1 saturated heterocycles. The molecule has 11 heteroatoms. The number of nitrogens with zero attached hydrogens (tertiary/aromatic N) is 3. The van der Waals surface area contributed by atoms with Gasteiger partial charge in [-0.2, -0.15) is 4.31 Å². The van der Waals surface area contributed by atoms with E-state index in [1.807, 2.05) is 22.9 Å². The number of rotatable bonds is 5. The standard InChI is InChI=1S/C19H17F2N3O3S3/c20-13-3-4-17(15(21)10-13)30(26,27)24-7-5-23(6-8-24)18(25)11-14-12-29-19(22-14)16-2-1-9-28-16/h1-4,9-10,12H,5-8,11H2. The molecule has 2 aromatic heterocycles. The van der Waals surface area contributed by atoms with Crippen LogP contribution in [-0.4, -0.2) is 54.7 Å². The Labute approximate surface area is 180 Å². The molecule has 1 amide bonds. The van der Waals surface area contributed by atoms with Crippen LogP contribution in [0.1, 0.15) is 5.69 Å². The van der Waals surface area contributed by atoms with Crippen LogP contribution in [0.2, 0.25) is 0 Å². The largest absolute Gasteiger partial charge is 0.340 e. The van der Waals surface area contributed by atoms with Gasteiger partial charge in [0.2, 0.25) is 15.9 Å². The monoisotopic (exact) mass is 469 g/mol. The summed E-state index contributed by atoms with van der Waals surface area (Å²) < 4.78 is 53.4. The normalized spacial score (nSPS) is 15.5. The van der Waals surface area contributed by atoms with Gasteiger partial charge in [-0.1, -0.05) is 6.07 Å². The van der Waals surface area contributed by atoms with E-state index < -0.39 is 26.6 Å². The van der Waals surface area contributed by atoms with Crippen molar-refractivity contribution in [2.45, 2.75) is 11.3 Å². The number of sulfonamides is 1.